The Morgan fingerprint density at radius 2 is 1.74 bits per heavy atom. The van der Waals surface area contributed by atoms with Gasteiger partial charge in [-0.3, -0.25) is 4.79 Å². The van der Waals surface area contributed by atoms with Gasteiger partial charge < -0.3 is 15.4 Å². The SMILES string of the molecule is CNC(=O)c1ccc(CNCc2c(OC(F)F)ccc3ccccc23)cc1. The van der Waals surface area contributed by atoms with Crippen LogP contribution in [0, 0.1) is 0 Å². The molecular weight excluding hydrogens is 350 g/mol. The Morgan fingerprint density at radius 1 is 1.00 bits per heavy atom. The van der Waals surface area contributed by atoms with Gasteiger partial charge in [0.05, 0.1) is 0 Å². The molecule has 0 aliphatic rings. The van der Waals surface area contributed by atoms with Crippen LogP contribution in [0.5, 0.6) is 5.75 Å². The van der Waals surface area contributed by atoms with Gasteiger partial charge in [-0.2, -0.15) is 8.78 Å². The van der Waals surface area contributed by atoms with Crippen LogP contribution in [-0.4, -0.2) is 19.6 Å². The zero-order valence-corrected chi connectivity index (χ0v) is 14.8. The predicted octanol–water partition coefficient (Wildman–Crippen LogP) is 4.09. The minimum atomic E-state index is -2.87. The normalized spacial score (nSPS) is 11.0. The number of hydrogen-bond acceptors (Lipinski definition) is 3. The lowest BCUT2D eigenvalue weighted by Gasteiger charge is -2.14. The van der Waals surface area contributed by atoms with Crippen molar-refractivity contribution in [2.75, 3.05) is 7.05 Å². The molecule has 0 aromatic heterocycles. The highest BCUT2D eigenvalue weighted by Crippen LogP contribution is 2.29. The highest BCUT2D eigenvalue weighted by molar-refractivity contribution is 5.94. The van der Waals surface area contributed by atoms with Crippen LogP contribution in [0.15, 0.2) is 60.7 Å². The van der Waals surface area contributed by atoms with E-state index in [0.29, 0.717) is 24.2 Å². The smallest absolute Gasteiger partial charge is 0.387 e. The molecule has 3 rings (SSSR count). The number of ether oxygens (including phenoxy) is 1. The molecule has 3 aromatic carbocycles. The van der Waals surface area contributed by atoms with E-state index in [1.54, 1.807) is 31.3 Å². The monoisotopic (exact) mass is 370 g/mol. The highest BCUT2D eigenvalue weighted by atomic mass is 19.3. The van der Waals surface area contributed by atoms with E-state index in [1.807, 2.05) is 36.4 Å². The Hall–Kier alpha value is -2.99. The zero-order chi connectivity index (χ0) is 19.2. The van der Waals surface area contributed by atoms with Gasteiger partial charge in [-0.1, -0.05) is 42.5 Å². The highest BCUT2D eigenvalue weighted by Gasteiger charge is 2.13. The van der Waals surface area contributed by atoms with Crippen LogP contribution in [0.2, 0.25) is 0 Å². The van der Waals surface area contributed by atoms with E-state index in [2.05, 4.69) is 10.6 Å². The fourth-order valence-corrected chi connectivity index (χ4v) is 2.95. The van der Waals surface area contributed by atoms with Crippen LogP contribution in [0.4, 0.5) is 8.78 Å². The van der Waals surface area contributed by atoms with Crippen LogP contribution in [0.1, 0.15) is 21.5 Å². The minimum absolute atomic E-state index is 0.140. The molecule has 3 aromatic rings. The molecule has 1 amide bonds. The van der Waals surface area contributed by atoms with Crippen LogP contribution in [-0.2, 0) is 13.1 Å². The van der Waals surface area contributed by atoms with Gasteiger partial charge in [0.1, 0.15) is 5.75 Å². The molecule has 0 aliphatic heterocycles. The van der Waals surface area contributed by atoms with Crippen molar-refractivity contribution in [3.63, 3.8) is 0 Å². The maximum atomic E-state index is 12.7. The number of carbonyl (C=O) groups excluding carboxylic acids is 1. The average molecular weight is 370 g/mol. The summed E-state index contributed by atoms with van der Waals surface area (Å²) in [6, 6.07) is 18.2. The summed E-state index contributed by atoms with van der Waals surface area (Å²) < 4.78 is 30.2. The van der Waals surface area contributed by atoms with Crippen LogP contribution >= 0.6 is 0 Å². The van der Waals surface area contributed by atoms with Gasteiger partial charge in [-0.15, -0.1) is 0 Å². The van der Waals surface area contributed by atoms with Crippen molar-refractivity contribution in [2.24, 2.45) is 0 Å². The lowest BCUT2D eigenvalue weighted by atomic mass is 10.0. The van der Waals surface area contributed by atoms with Gasteiger partial charge in [-0.05, 0) is 34.5 Å². The van der Waals surface area contributed by atoms with E-state index in [0.717, 1.165) is 16.3 Å². The maximum Gasteiger partial charge on any atom is 0.387 e. The molecule has 0 fully saturated rings. The number of carbonyl (C=O) groups is 1. The van der Waals surface area contributed by atoms with Crippen molar-refractivity contribution in [1.82, 2.24) is 10.6 Å². The van der Waals surface area contributed by atoms with Gasteiger partial charge in [0.15, 0.2) is 0 Å². The molecule has 0 aliphatic carbocycles. The molecule has 0 saturated carbocycles. The third-order valence-electron chi connectivity index (χ3n) is 4.29. The summed E-state index contributed by atoms with van der Waals surface area (Å²) in [5, 5.41) is 7.67. The fourth-order valence-electron chi connectivity index (χ4n) is 2.95. The number of fused-ring (bicyclic) bond motifs is 1. The van der Waals surface area contributed by atoms with Gasteiger partial charge in [0, 0.05) is 31.3 Å². The number of halogens is 2. The number of alkyl halides is 2. The van der Waals surface area contributed by atoms with Crippen LogP contribution < -0.4 is 15.4 Å². The summed E-state index contributed by atoms with van der Waals surface area (Å²) >= 11 is 0. The molecule has 4 nitrogen and oxygen atoms in total. The quantitative estimate of drug-likeness (QED) is 0.659. The van der Waals surface area contributed by atoms with E-state index in [9.17, 15) is 13.6 Å². The average Bonchev–Trinajstić information content (AvgIpc) is 2.69. The summed E-state index contributed by atoms with van der Waals surface area (Å²) in [5.74, 6) is 0.0326. The summed E-state index contributed by atoms with van der Waals surface area (Å²) in [4.78, 5) is 11.6. The molecule has 0 saturated heterocycles. The molecule has 2 N–H and O–H groups in total. The second-order valence-electron chi connectivity index (χ2n) is 6.02. The molecule has 140 valence electrons. The number of nitrogens with one attached hydrogen (secondary N) is 2. The topological polar surface area (TPSA) is 50.4 Å². The van der Waals surface area contributed by atoms with Gasteiger partial charge >= 0.3 is 6.61 Å². The number of benzene rings is 3. The Balaban J connectivity index is 1.75. The van der Waals surface area contributed by atoms with E-state index in [1.165, 1.54) is 0 Å². The van der Waals surface area contributed by atoms with E-state index < -0.39 is 6.61 Å². The number of amides is 1. The lowest BCUT2D eigenvalue weighted by Crippen LogP contribution is -2.18. The van der Waals surface area contributed by atoms with Crippen molar-refractivity contribution in [3.05, 3.63) is 77.4 Å². The fraction of sp³-hybridized carbons (Fsp3) is 0.190. The van der Waals surface area contributed by atoms with Gasteiger partial charge in [0.25, 0.3) is 5.91 Å². The summed E-state index contributed by atoms with van der Waals surface area (Å²) in [6.07, 6.45) is 0. The van der Waals surface area contributed by atoms with E-state index in [-0.39, 0.29) is 11.7 Å². The molecule has 0 bridgehead atoms. The Morgan fingerprint density at radius 3 is 2.44 bits per heavy atom. The molecule has 0 unspecified atom stereocenters. The molecule has 0 radical (unpaired) electrons. The van der Waals surface area contributed by atoms with Crippen molar-refractivity contribution in [2.45, 2.75) is 19.7 Å². The first-order chi connectivity index (χ1) is 13.1. The van der Waals surface area contributed by atoms with E-state index in [4.69, 9.17) is 4.74 Å². The summed E-state index contributed by atoms with van der Waals surface area (Å²) in [7, 11) is 1.58. The standard InChI is InChI=1S/C21H20F2N2O2/c1-24-20(26)16-8-6-14(7-9-16)12-25-13-18-17-5-3-2-4-15(17)10-11-19(18)27-21(22)23/h2-11,21,25H,12-13H2,1H3,(H,24,26). The van der Waals surface area contributed by atoms with Gasteiger partial charge in [0.2, 0.25) is 0 Å². The lowest BCUT2D eigenvalue weighted by molar-refractivity contribution is -0.0503. The second kappa shape index (κ2) is 8.60. The first-order valence-electron chi connectivity index (χ1n) is 8.55. The molecule has 0 atom stereocenters. The largest absolute Gasteiger partial charge is 0.434 e. The van der Waals surface area contributed by atoms with Crippen LogP contribution in [0.25, 0.3) is 10.8 Å². The molecular formula is C21H20F2N2O2. The zero-order valence-electron chi connectivity index (χ0n) is 14.8. The van der Waals surface area contributed by atoms with Crippen molar-refractivity contribution < 1.29 is 18.3 Å². The summed E-state index contributed by atoms with van der Waals surface area (Å²) in [6.45, 7) is -1.96. The van der Waals surface area contributed by atoms with Gasteiger partial charge in [-0.25, -0.2) is 0 Å². The number of rotatable bonds is 7. The molecule has 0 heterocycles. The molecule has 6 heteroatoms. The van der Waals surface area contributed by atoms with Crippen molar-refractivity contribution in [1.29, 1.82) is 0 Å². The number of hydrogen-bond donors (Lipinski definition) is 2. The molecule has 27 heavy (non-hydrogen) atoms. The third kappa shape index (κ3) is 4.60. The predicted molar refractivity (Wildman–Crippen MR) is 101 cm³/mol. The summed E-state index contributed by atoms with van der Waals surface area (Å²) in [5.41, 5.74) is 2.26. The Bertz CT molecular complexity index is 927. The molecule has 0 spiro atoms. The Labute approximate surface area is 156 Å². The second-order valence-corrected chi connectivity index (χ2v) is 6.02. The minimum Gasteiger partial charge on any atom is -0.434 e. The Kier molecular flexibility index (Phi) is 5.98. The maximum absolute atomic E-state index is 12.7. The van der Waals surface area contributed by atoms with Crippen molar-refractivity contribution in [3.8, 4) is 5.75 Å². The van der Waals surface area contributed by atoms with Crippen molar-refractivity contribution >= 4 is 16.7 Å². The third-order valence-corrected chi connectivity index (χ3v) is 4.29. The van der Waals surface area contributed by atoms with Crippen LogP contribution in [0.3, 0.4) is 0 Å². The first-order valence-corrected chi connectivity index (χ1v) is 8.55. The first kappa shape index (κ1) is 18.8. The van der Waals surface area contributed by atoms with E-state index >= 15 is 0 Å².